The number of benzene rings is 2. The zero-order chi connectivity index (χ0) is 23.0. The second-order valence-corrected chi connectivity index (χ2v) is 9.02. The molecule has 32 heavy (non-hydrogen) atoms. The van der Waals surface area contributed by atoms with Crippen LogP contribution in [0.4, 0.5) is 0 Å². The summed E-state index contributed by atoms with van der Waals surface area (Å²) in [5, 5.41) is 12.0. The van der Waals surface area contributed by atoms with Crippen LogP contribution in [0.2, 0.25) is 0 Å². The highest BCUT2D eigenvalue weighted by Crippen LogP contribution is 2.31. The number of carboxylic acid groups (broad SMARTS) is 1. The van der Waals surface area contributed by atoms with Gasteiger partial charge in [0.2, 0.25) is 0 Å². The fraction of sp³-hybridized carbons (Fsp3) is 0.240. The molecule has 2 aromatic heterocycles. The molecule has 0 saturated carbocycles. The molecule has 0 aliphatic carbocycles. The number of hydrogen-bond acceptors (Lipinski definition) is 4. The molecule has 0 bridgehead atoms. The molecule has 0 radical (unpaired) electrons. The van der Waals surface area contributed by atoms with E-state index in [0.29, 0.717) is 22.2 Å². The molecule has 2 aromatic carbocycles. The predicted octanol–water partition coefficient (Wildman–Crippen LogP) is 4.60. The van der Waals surface area contributed by atoms with Crippen LogP contribution in [0, 0.1) is 20.8 Å². The van der Waals surface area contributed by atoms with Crippen LogP contribution in [0.15, 0.2) is 57.4 Å². The van der Waals surface area contributed by atoms with Crippen molar-refractivity contribution in [2.45, 2.75) is 39.7 Å². The zero-order valence-corrected chi connectivity index (χ0v) is 19.0. The van der Waals surface area contributed by atoms with Gasteiger partial charge in [-0.2, -0.15) is 0 Å². The van der Waals surface area contributed by atoms with Crippen LogP contribution in [-0.4, -0.2) is 20.6 Å². The molecule has 0 spiro atoms. The monoisotopic (exact) mass is 448 g/mol. The smallest absolute Gasteiger partial charge is 0.330 e. The molecule has 164 valence electrons. The molecule has 0 saturated heterocycles. The van der Waals surface area contributed by atoms with Crippen LogP contribution in [0.3, 0.4) is 0 Å². The third-order valence-electron chi connectivity index (χ3n) is 5.90. The number of fused-ring (bicyclic) bond motifs is 1. The maximum absolute atomic E-state index is 13.4. The Labute approximate surface area is 188 Å². The van der Waals surface area contributed by atoms with Crippen molar-refractivity contribution in [2.24, 2.45) is 0 Å². The summed E-state index contributed by atoms with van der Waals surface area (Å²) in [6, 6.07) is 12.4. The number of carboxylic acids is 1. The molecule has 0 aliphatic rings. The summed E-state index contributed by atoms with van der Waals surface area (Å²) in [5.41, 5.74) is 4.58. The lowest BCUT2D eigenvalue weighted by Crippen LogP contribution is -2.41. The van der Waals surface area contributed by atoms with Crippen molar-refractivity contribution in [1.82, 2.24) is 9.55 Å². The molecule has 0 aliphatic heterocycles. The van der Waals surface area contributed by atoms with Crippen LogP contribution in [0.1, 0.15) is 34.7 Å². The van der Waals surface area contributed by atoms with E-state index in [-0.39, 0.29) is 6.42 Å². The van der Waals surface area contributed by atoms with E-state index in [1.165, 1.54) is 11.3 Å². The van der Waals surface area contributed by atoms with Crippen molar-refractivity contribution in [3.63, 3.8) is 0 Å². The van der Waals surface area contributed by atoms with Crippen LogP contribution in [-0.2, 0) is 11.2 Å². The summed E-state index contributed by atoms with van der Waals surface area (Å²) < 4.78 is 0.857. The minimum atomic E-state index is -1.26. The average molecular weight is 449 g/mol. The summed E-state index contributed by atoms with van der Waals surface area (Å²) in [4.78, 5) is 41.4. The summed E-state index contributed by atoms with van der Waals surface area (Å²) >= 11 is 1.27. The number of nitrogens with zero attached hydrogens (tertiary/aromatic N) is 1. The minimum absolute atomic E-state index is 0.135. The lowest BCUT2D eigenvalue weighted by atomic mass is 10.0. The summed E-state index contributed by atoms with van der Waals surface area (Å²) in [5.74, 6) is -1.20. The van der Waals surface area contributed by atoms with Crippen LogP contribution >= 0.6 is 11.3 Å². The molecule has 0 fully saturated rings. The number of aliphatic carboxylic acids is 1. The van der Waals surface area contributed by atoms with Gasteiger partial charge in [0, 0.05) is 10.9 Å². The number of aromatic amines is 1. The molecular weight excluding hydrogens is 424 g/mol. The highest BCUT2D eigenvalue weighted by atomic mass is 32.1. The third kappa shape index (κ3) is 4.03. The Kier molecular flexibility index (Phi) is 5.84. The van der Waals surface area contributed by atoms with Gasteiger partial charge in [-0.3, -0.25) is 9.78 Å². The molecule has 1 atom stereocenters. The molecular formula is C25H24N2O4S. The standard InChI is InChI=1S/C25H24N2O4S/c1-14-4-7-17(8-5-14)9-11-20(24(29)30)27-23(28)21-19(13-32-22(21)26-25(27)31)18-10-6-15(2)16(3)12-18/h4-8,10,12-13,20H,9,11H2,1-3H3,(H,26,31)(H,29,30). The Morgan fingerprint density at radius 1 is 1.06 bits per heavy atom. The molecule has 0 amide bonds. The third-order valence-corrected chi connectivity index (χ3v) is 6.80. The van der Waals surface area contributed by atoms with E-state index in [1.807, 2.05) is 68.6 Å². The van der Waals surface area contributed by atoms with Gasteiger partial charge in [0.15, 0.2) is 0 Å². The number of rotatable bonds is 6. The van der Waals surface area contributed by atoms with Gasteiger partial charge in [-0.15, -0.1) is 11.3 Å². The van der Waals surface area contributed by atoms with Crippen molar-refractivity contribution >= 4 is 27.5 Å². The van der Waals surface area contributed by atoms with Gasteiger partial charge < -0.3 is 5.11 Å². The van der Waals surface area contributed by atoms with Gasteiger partial charge >= 0.3 is 11.7 Å². The van der Waals surface area contributed by atoms with E-state index in [1.54, 1.807) is 0 Å². The molecule has 4 aromatic rings. The first-order chi connectivity index (χ1) is 15.3. The largest absolute Gasteiger partial charge is 0.480 e. The maximum Gasteiger partial charge on any atom is 0.330 e. The van der Waals surface area contributed by atoms with Gasteiger partial charge in [0.1, 0.15) is 10.9 Å². The lowest BCUT2D eigenvalue weighted by Gasteiger charge is -2.15. The zero-order valence-electron chi connectivity index (χ0n) is 18.1. The molecule has 7 heteroatoms. The fourth-order valence-electron chi connectivity index (χ4n) is 3.86. The van der Waals surface area contributed by atoms with Gasteiger partial charge in [-0.05, 0) is 55.9 Å². The number of aromatic nitrogens is 2. The normalized spacial score (nSPS) is 12.2. The van der Waals surface area contributed by atoms with E-state index in [9.17, 15) is 19.5 Å². The van der Waals surface area contributed by atoms with E-state index in [4.69, 9.17) is 0 Å². The number of nitrogens with one attached hydrogen (secondary N) is 1. The first kappa shape index (κ1) is 21.8. The molecule has 2 heterocycles. The van der Waals surface area contributed by atoms with E-state index >= 15 is 0 Å². The van der Waals surface area contributed by atoms with Gasteiger partial charge in [-0.1, -0.05) is 48.0 Å². The maximum atomic E-state index is 13.4. The Hall–Kier alpha value is -3.45. The number of thiophene rings is 1. The Bertz CT molecular complexity index is 1430. The topological polar surface area (TPSA) is 92.2 Å². The fourth-order valence-corrected chi connectivity index (χ4v) is 4.81. The predicted molar refractivity (Wildman–Crippen MR) is 128 cm³/mol. The van der Waals surface area contributed by atoms with E-state index < -0.39 is 23.3 Å². The van der Waals surface area contributed by atoms with Gasteiger partial charge in [0.25, 0.3) is 5.56 Å². The highest BCUT2D eigenvalue weighted by molar-refractivity contribution is 7.17. The van der Waals surface area contributed by atoms with Gasteiger partial charge in [-0.25, -0.2) is 14.2 Å². The van der Waals surface area contributed by atoms with Crippen LogP contribution < -0.4 is 11.2 Å². The average Bonchev–Trinajstić information content (AvgIpc) is 3.17. The summed E-state index contributed by atoms with van der Waals surface area (Å²) in [7, 11) is 0. The molecule has 4 rings (SSSR count). The molecule has 2 N–H and O–H groups in total. The second kappa shape index (κ2) is 8.59. The summed E-state index contributed by atoms with van der Waals surface area (Å²) in [6.07, 6.45) is 0.574. The van der Waals surface area contributed by atoms with Crippen LogP contribution in [0.25, 0.3) is 21.3 Å². The Balaban J connectivity index is 1.80. The quantitative estimate of drug-likeness (QED) is 0.451. The highest BCUT2D eigenvalue weighted by Gasteiger charge is 2.26. The van der Waals surface area contributed by atoms with Crippen molar-refractivity contribution in [2.75, 3.05) is 0 Å². The van der Waals surface area contributed by atoms with Gasteiger partial charge in [0.05, 0.1) is 5.39 Å². The van der Waals surface area contributed by atoms with Crippen molar-refractivity contribution in [1.29, 1.82) is 0 Å². The number of carbonyl (C=O) groups is 1. The van der Waals surface area contributed by atoms with Crippen molar-refractivity contribution < 1.29 is 9.90 Å². The molecule has 1 unspecified atom stereocenters. The number of H-pyrrole nitrogens is 1. The Morgan fingerprint density at radius 2 is 1.78 bits per heavy atom. The number of hydrogen-bond donors (Lipinski definition) is 2. The van der Waals surface area contributed by atoms with Crippen molar-refractivity contribution in [3.8, 4) is 11.1 Å². The van der Waals surface area contributed by atoms with Crippen molar-refractivity contribution in [3.05, 3.63) is 90.9 Å². The number of aryl methyl sites for hydroxylation is 4. The minimum Gasteiger partial charge on any atom is -0.480 e. The van der Waals surface area contributed by atoms with Crippen LogP contribution in [0.5, 0.6) is 0 Å². The van der Waals surface area contributed by atoms with E-state index in [2.05, 4.69) is 4.98 Å². The SMILES string of the molecule is Cc1ccc(CCC(C(=O)O)n2c(=O)[nH]c3scc(-c4ccc(C)c(C)c4)c3c2=O)cc1. The van der Waals surface area contributed by atoms with E-state index in [0.717, 1.165) is 32.4 Å². The summed E-state index contributed by atoms with van der Waals surface area (Å²) in [6.45, 7) is 5.99. The first-order valence-corrected chi connectivity index (χ1v) is 11.3. The Morgan fingerprint density at radius 3 is 2.44 bits per heavy atom. The second-order valence-electron chi connectivity index (χ2n) is 8.14. The lowest BCUT2D eigenvalue weighted by molar-refractivity contribution is -0.141. The first-order valence-electron chi connectivity index (χ1n) is 10.4. The molecule has 6 nitrogen and oxygen atoms in total.